The second-order valence-electron chi connectivity index (χ2n) is 16.9. The molecule has 0 rings (SSSR count). The van der Waals surface area contributed by atoms with E-state index in [-0.39, 0.29) is 31.3 Å². The number of hydrogen-bond acceptors (Lipinski definition) is 9. The quantitative estimate of drug-likeness (QED) is 0.0428. The van der Waals surface area contributed by atoms with Crippen molar-refractivity contribution in [1.82, 2.24) is 26.6 Å². The highest BCUT2D eigenvalue weighted by Crippen LogP contribution is 2.14. The van der Waals surface area contributed by atoms with E-state index in [9.17, 15) is 33.9 Å². The number of carboxylic acid groups (broad SMARTS) is 1. The molecule has 0 heterocycles. The number of thioether (sulfide) groups is 1. The molecule has 0 unspecified atom stereocenters. The lowest BCUT2D eigenvalue weighted by atomic mass is 9.96. The van der Waals surface area contributed by atoms with Gasteiger partial charge >= 0.3 is 12.1 Å². The first kappa shape index (κ1) is 53.9. The predicted octanol–water partition coefficient (Wildman–Crippen LogP) is 6.34. The Bertz CT molecular complexity index is 1200. The summed E-state index contributed by atoms with van der Waals surface area (Å²) in [5.74, 6) is -3.93. The molecule has 0 aromatic carbocycles. The van der Waals surface area contributed by atoms with Crippen LogP contribution in [0, 0.1) is 17.8 Å². The third kappa shape index (κ3) is 25.1. The number of hydrogen-bond donors (Lipinski definition) is 6. The van der Waals surface area contributed by atoms with Gasteiger partial charge in [0.25, 0.3) is 0 Å². The number of aliphatic carboxylic acids is 1. The van der Waals surface area contributed by atoms with Crippen molar-refractivity contribution in [1.29, 1.82) is 0 Å². The van der Waals surface area contributed by atoms with Gasteiger partial charge in [0.2, 0.25) is 23.6 Å². The molecule has 6 N–H and O–H groups in total. The second-order valence-corrected chi connectivity index (χ2v) is 17.9. The Morgan fingerprint density at radius 1 is 0.649 bits per heavy atom. The minimum Gasteiger partial charge on any atom is -0.480 e. The number of carboxylic acids is 1. The van der Waals surface area contributed by atoms with Crippen LogP contribution in [-0.2, 0) is 33.4 Å². The molecule has 0 spiro atoms. The molecule has 0 aliphatic rings. The Balaban J connectivity index is 5.82. The maximum Gasteiger partial charge on any atom is 0.408 e. The van der Waals surface area contributed by atoms with Crippen molar-refractivity contribution in [3.05, 3.63) is 0 Å². The molecular formula is C42H79N5O9S. The van der Waals surface area contributed by atoms with Crippen molar-refractivity contribution in [3.63, 3.8) is 0 Å². The highest BCUT2D eigenvalue weighted by atomic mass is 32.2. The molecule has 0 fully saturated rings. The van der Waals surface area contributed by atoms with Crippen LogP contribution in [0.5, 0.6) is 0 Å². The van der Waals surface area contributed by atoms with Gasteiger partial charge in [-0.05, 0) is 69.8 Å². The largest absolute Gasteiger partial charge is 0.480 e. The van der Waals surface area contributed by atoms with Crippen molar-refractivity contribution in [2.24, 2.45) is 17.8 Å². The van der Waals surface area contributed by atoms with Gasteiger partial charge in [0, 0.05) is 6.61 Å². The van der Waals surface area contributed by atoms with E-state index in [0.29, 0.717) is 18.8 Å². The van der Waals surface area contributed by atoms with E-state index in [4.69, 9.17) is 9.47 Å². The molecule has 0 aliphatic heterocycles. The van der Waals surface area contributed by atoms with Gasteiger partial charge in [-0.2, -0.15) is 11.8 Å². The lowest BCUT2D eigenvalue weighted by Crippen LogP contribution is -2.61. The van der Waals surface area contributed by atoms with Crippen LogP contribution in [0.2, 0.25) is 0 Å². The lowest BCUT2D eigenvalue weighted by molar-refractivity contribution is -0.142. The minimum atomic E-state index is -1.16. The van der Waals surface area contributed by atoms with Crippen LogP contribution in [0.4, 0.5) is 4.79 Å². The monoisotopic (exact) mass is 830 g/mol. The zero-order chi connectivity index (χ0) is 43.6. The smallest absolute Gasteiger partial charge is 0.408 e. The van der Waals surface area contributed by atoms with Crippen LogP contribution in [0.3, 0.4) is 0 Å². The SMILES string of the molecule is CCCCCCCCCCCCOC[C@H](NC(=O)OC(C)(C)C)C(=O)N[C@H](C(=O)N[C@@H](CC(C)C)C(=O)N[C@H](C(=O)N[C@@H](CCSC)C(=O)O)[C@@H](C)CC)C(C)C. The van der Waals surface area contributed by atoms with Gasteiger partial charge in [-0.15, -0.1) is 0 Å². The predicted molar refractivity (Wildman–Crippen MR) is 228 cm³/mol. The summed E-state index contributed by atoms with van der Waals surface area (Å²) in [6, 6.07) is -5.49. The average molecular weight is 830 g/mol. The molecule has 0 aliphatic carbocycles. The van der Waals surface area contributed by atoms with Gasteiger partial charge in [-0.3, -0.25) is 19.2 Å². The molecular weight excluding hydrogens is 751 g/mol. The van der Waals surface area contributed by atoms with Crippen molar-refractivity contribution < 1.29 is 43.3 Å². The number of rotatable bonds is 31. The van der Waals surface area contributed by atoms with E-state index < -0.39 is 77.4 Å². The number of carbonyl (C=O) groups is 6. The van der Waals surface area contributed by atoms with E-state index >= 15 is 0 Å². The van der Waals surface area contributed by atoms with E-state index in [2.05, 4.69) is 33.5 Å². The number of amides is 5. The van der Waals surface area contributed by atoms with Crippen molar-refractivity contribution in [2.75, 3.05) is 25.2 Å². The number of ether oxygens (including phenoxy) is 2. The molecule has 15 heteroatoms. The van der Waals surface area contributed by atoms with Crippen molar-refractivity contribution >= 4 is 47.5 Å². The molecule has 0 aromatic rings. The van der Waals surface area contributed by atoms with Crippen LogP contribution in [0.1, 0.15) is 153 Å². The van der Waals surface area contributed by atoms with E-state index in [0.717, 1.165) is 19.3 Å². The first-order valence-electron chi connectivity index (χ1n) is 21.3. The molecule has 57 heavy (non-hydrogen) atoms. The number of carbonyl (C=O) groups excluding carboxylic acids is 5. The lowest BCUT2D eigenvalue weighted by Gasteiger charge is -2.30. The summed E-state index contributed by atoms with van der Waals surface area (Å²) < 4.78 is 11.3. The van der Waals surface area contributed by atoms with E-state index in [1.54, 1.807) is 41.5 Å². The molecule has 14 nitrogen and oxygen atoms in total. The molecule has 0 saturated carbocycles. The van der Waals surface area contributed by atoms with Gasteiger partial charge in [-0.25, -0.2) is 9.59 Å². The molecule has 0 radical (unpaired) electrons. The highest BCUT2D eigenvalue weighted by molar-refractivity contribution is 7.98. The average Bonchev–Trinajstić information content (AvgIpc) is 3.12. The number of unbranched alkanes of at least 4 members (excludes halogenated alkanes) is 9. The van der Waals surface area contributed by atoms with Crippen LogP contribution in [-0.4, -0.2) is 102 Å². The zero-order valence-corrected chi connectivity index (χ0v) is 37.9. The van der Waals surface area contributed by atoms with Crippen LogP contribution in [0.25, 0.3) is 0 Å². The zero-order valence-electron chi connectivity index (χ0n) is 37.1. The van der Waals surface area contributed by atoms with Gasteiger partial charge in [-0.1, -0.05) is 113 Å². The summed E-state index contributed by atoms with van der Waals surface area (Å²) in [5.41, 5.74) is -0.810. The molecule has 0 saturated heterocycles. The fourth-order valence-corrected chi connectivity index (χ4v) is 6.46. The molecule has 0 bridgehead atoms. The topological polar surface area (TPSA) is 201 Å². The maximum absolute atomic E-state index is 13.9. The fourth-order valence-electron chi connectivity index (χ4n) is 5.99. The summed E-state index contributed by atoms with van der Waals surface area (Å²) in [6.07, 6.45) is 13.7. The third-order valence-corrected chi connectivity index (χ3v) is 10.2. The standard InChI is InChI=1S/C42H79N5O9S/c1-12-14-15-16-17-18-19-20-21-22-24-55-27-33(45-41(54)56-42(8,9)10)37(49)46-34(29(5)6)38(50)44-32(26-28(3)4)36(48)47-35(30(7)13-2)39(51)43-31(40(52)53)23-25-57-11/h28-35H,12-27H2,1-11H3,(H,43,51)(H,44,50)(H,45,54)(H,46,49)(H,47,48)(H,52,53)/t30-,31-,32-,33-,34-,35-/m0/s1. The molecule has 6 atom stereocenters. The maximum atomic E-state index is 13.9. The Hall–Kier alpha value is -3.07. The first-order valence-corrected chi connectivity index (χ1v) is 22.7. The Kier molecular flexibility index (Phi) is 28.4. The molecule has 332 valence electrons. The molecule has 0 aromatic heterocycles. The summed E-state index contributed by atoms with van der Waals surface area (Å²) in [6.45, 7) is 18.5. The number of nitrogens with one attached hydrogen (secondary N) is 5. The molecule has 5 amide bonds. The summed E-state index contributed by atoms with van der Waals surface area (Å²) >= 11 is 1.46. The van der Waals surface area contributed by atoms with Crippen molar-refractivity contribution in [2.45, 2.75) is 189 Å². The van der Waals surface area contributed by atoms with Crippen molar-refractivity contribution in [3.8, 4) is 0 Å². The van der Waals surface area contributed by atoms with Crippen LogP contribution in [0.15, 0.2) is 0 Å². The summed E-state index contributed by atoms with van der Waals surface area (Å²) in [4.78, 5) is 79.4. The fraction of sp³-hybridized carbons (Fsp3) is 0.857. The normalized spacial score (nSPS) is 14.8. The summed E-state index contributed by atoms with van der Waals surface area (Å²) in [5, 5.41) is 23.2. The van der Waals surface area contributed by atoms with E-state index in [1.807, 2.05) is 27.0 Å². The third-order valence-electron chi connectivity index (χ3n) is 9.54. The van der Waals surface area contributed by atoms with Gasteiger partial charge in [0.1, 0.15) is 35.8 Å². The van der Waals surface area contributed by atoms with Gasteiger partial charge in [0.15, 0.2) is 0 Å². The van der Waals surface area contributed by atoms with Gasteiger partial charge in [0.05, 0.1) is 6.61 Å². The second kappa shape index (κ2) is 30.0. The Morgan fingerprint density at radius 2 is 1.16 bits per heavy atom. The van der Waals surface area contributed by atoms with Crippen LogP contribution >= 0.6 is 11.8 Å². The first-order chi connectivity index (χ1) is 26.8. The Labute approximate surface area is 348 Å². The van der Waals surface area contributed by atoms with Crippen LogP contribution < -0.4 is 26.6 Å². The number of alkyl carbamates (subject to hydrolysis) is 1. The minimum absolute atomic E-state index is 0.0398. The summed E-state index contributed by atoms with van der Waals surface area (Å²) in [7, 11) is 0. The Morgan fingerprint density at radius 3 is 1.65 bits per heavy atom. The highest BCUT2D eigenvalue weighted by Gasteiger charge is 2.35. The van der Waals surface area contributed by atoms with Gasteiger partial charge < -0.3 is 41.2 Å². The van der Waals surface area contributed by atoms with E-state index in [1.165, 1.54) is 56.7 Å².